The molecule has 12 heavy (non-hydrogen) atoms. The van der Waals surface area contributed by atoms with Crippen LogP contribution in [0.2, 0.25) is 0 Å². The Hall–Kier alpha value is 0.01000. The summed E-state index contributed by atoms with van der Waals surface area (Å²) in [4.78, 5) is 1.32. The molecule has 0 bridgehead atoms. The minimum absolute atomic E-state index is 1.05. The molecule has 0 spiro atoms. The van der Waals surface area contributed by atoms with E-state index < -0.39 is 0 Å². The number of benzene rings is 1. The first kappa shape index (κ1) is 10.1. The van der Waals surface area contributed by atoms with Crippen LogP contribution in [-0.2, 0) is 0 Å². The lowest BCUT2D eigenvalue weighted by atomic mass is 10.4. The quantitative estimate of drug-likeness (QED) is 0.647. The number of rotatable bonds is 4. The van der Waals surface area contributed by atoms with Crippen molar-refractivity contribution in [1.29, 1.82) is 0 Å². The van der Waals surface area contributed by atoms with E-state index in [1.165, 1.54) is 4.90 Å². The van der Waals surface area contributed by atoms with Gasteiger partial charge in [-0.15, -0.1) is 11.8 Å². The fraction of sp³-hybridized carbons (Fsp3) is 0.333. The smallest absolute Gasteiger partial charge is 0.0186 e. The van der Waals surface area contributed by atoms with Crippen LogP contribution in [0.1, 0.15) is 0 Å². The first-order valence-corrected chi connectivity index (χ1v) is 5.64. The number of hydrogen-bond acceptors (Lipinski definition) is 2. The predicted octanol–water partition coefficient (Wildman–Crippen LogP) is 2.76. The van der Waals surface area contributed by atoms with Crippen LogP contribution in [0.4, 0.5) is 0 Å². The molecule has 0 aliphatic heterocycles. The van der Waals surface area contributed by atoms with Crippen LogP contribution in [0.5, 0.6) is 0 Å². The molecule has 1 N–H and O–H groups in total. The summed E-state index contributed by atoms with van der Waals surface area (Å²) in [5, 5.41) is 3.12. The van der Waals surface area contributed by atoms with E-state index in [1.54, 1.807) is 0 Å². The Bertz CT molecular complexity index is 240. The maximum atomic E-state index is 3.44. The van der Waals surface area contributed by atoms with Gasteiger partial charge in [-0.25, -0.2) is 0 Å². The monoisotopic (exact) mass is 245 g/mol. The summed E-state index contributed by atoms with van der Waals surface area (Å²) in [7, 11) is 1.97. The largest absolute Gasteiger partial charge is 0.319 e. The molecule has 1 aromatic carbocycles. The lowest BCUT2D eigenvalue weighted by molar-refractivity contribution is 0.872. The van der Waals surface area contributed by atoms with Crippen molar-refractivity contribution in [3.63, 3.8) is 0 Å². The van der Waals surface area contributed by atoms with Crippen molar-refractivity contribution in [2.24, 2.45) is 0 Å². The van der Waals surface area contributed by atoms with Gasteiger partial charge >= 0.3 is 0 Å². The Labute approximate surface area is 86.1 Å². The molecule has 0 aliphatic rings. The van der Waals surface area contributed by atoms with Crippen molar-refractivity contribution in [3.05, 3.63) is 28.7 Å². The SMILES string of the molecule is CNCCSc1cccc(Br)c1. The molecule has 0 aromatic heterocycles. The van der Waals surface area contributed by atoms with Gasteiger partial charge in [0.05, 0.1) is 0 Å². The van der Waals surface area contributed by atoms with Crippen LogP contribution in [0.15, 0.2) is 33.6 Å². The van der Waals surface area contributed by atoms with E-state index in [2.05, 4.69) is 39.4 Å². The van der Waals surface area contributed by atoms with Crippen LogP contribution < -0.4 is 5.32 Å². The second kappa shape index (κ2) is 5.62. The van der Waals surface area contributed by atoms with Gasteiger partial charge in [0.1, 0.15) is 0 Å². The first-order valence-electron chi connectivity index (χ1n) is 3.86. The van der Waals surface area contributed by atoms with Crippen molar-refractivity contribution < 1.29 is 0 Å². The summed E-state index contributed by atoms with van der Waals surface area (Å²) < 4.78 is 1.15. The zero-order chi connectivity index (χ0) is 8.81. The summed E-state index contributed by atoms with van der Waals surface area (Å²) in [5.41, 5.74) is 0. The lowest BCUT2D eigenvalue weighted by Crippen LogP contribution is -2.09. The van der Waals surface area contributed by atoms with Gasteiger partial charge in [-0.2, -0.15) is 0 Å². The maximum Gasteiger partial charge on any atom is 0.0186 e. The zero-order valence-corrected chi connectivity index (χ0v) is 9.41. The first-order chi connectivity index (χ1) is 5.83. The molecule has 0 radical (unpaired) electrons. The lowest BCUT2D eigenvalue weighted by Gasteiger charge is -2.00. The fourth-order valence-corrected chi connectivity index (χ4v) is 2.31. The zero-order valence-electron chi connectivity index (χ0n) is 7.01. The van der Waals surface area contributed by atoms with Gasteiger partial charge < -0.3 is 5.32 Å². The average molecular weight is 246 g/mol. The Morgan fingerprint density at radius 3 is 3.00 bits per heavy atom. The van der Waals surface area contributed by atoms with Crippen molar-refractivity contribution in [2.75, 3.05) is 19.3 Å². The molecule has 0 saturated heterocycles. The summed E-state index contributed by atoms with van der Waals surface area (Å²) >= 11 is 5.31. The summed E-state index contributed by atoms with van der Waals surface area (Å²) in [5.74, 6) is 1.12. The van der Waals surface area contributed by atoms with Crippen LogP contribution in [0.3, 0.4) is 0 Å². The average Bonchev–Trinajstić information content (AvgIpc) is 2.05. The second-order valence-corrected chi connectivity index (χ2v) is 4.49. The van der Waals surface area contributed by atoms with Gasteiger partial charge in [-0.3, -0.25) is 0 Å². The van der Waals surface area contributed by atoms with Gasteiger partial charge in [0.15, 0.2) is 0 Å². The third-order valence-corrected chi connectivity index (χ3v) is 2.91. The van der Waals surface area contributed by atoms with Gasteiger partial charge in [0.25, 0.3) is 0 Å². The molecule has 1 nitrogen and oxygen atoms in total. The highest BCUT2D eigenvalue weighted by Crippen LogP contribution is 2.21. The van der Waals surface area contributed by atoms with Gasteiger partial charge in [-0.1, -0.05) is 22.0 Å². The van der Waals surface area contributed by atoms with E-state index in [0.717, 1.165) is 16.8 Å². The maximum absolute atomic E-state index is 3.44. The van der Waals surface area contributed by atoms with E-state index in [4.69, 9.17) is 0 Å². The number of thioether (sulfide) groups is 1. The molecular weight excluding hydrogens is 234 g/mol. The molecule has 66 valence electrons. The van der Waals surface area contributed by atoms with Crippen LogP contribution in [0.25, 0.3) is 0 Å². The third kappa shape index (κ3) is 3.61. The molecule has 0 heterocycles. The molecule has 0 saturated carbocycles. The fourth-order valence-electron chi connectivity index (χ4n) is 0.828. The molecular formula is C9H12BrNS. The Balaban J connectivity index is 2.41. The Morgan fingerprint density at radius 2 is 2.33 bits per heavy atom. The molecule has 1 rings (SSSR count). The van der Waals surface area contributed by atoms with E-state index in [1.807, 2.05) is 24.9 Å². The topological polar surface area (TPSA) is 12.0 Å². The van der Waals surface area contributed by atoms with Crippen molar-refractivity contribution in [1.82, 2.24) is 5.32 Å². The second-order valence-electron chi connectivity index (χ2n) is 2.41. The third-order valence-electron chi connectivity index (χ3n) is 1.42. The highest BCUT2D eigenvalue weighted by atomic mass is 79.9. The summed E-state index contributed by atoms with van der Waals surface area (Å²) in [6, 6.07) is 8.37. The Kier molecular flexibility index (Phi) is 4.73. The molecule has 3 heteroatoms. The van der Waals surface area contributed by atoms with E-state index in [0.29, 0.717) is 0 Å². The van der Waals surface area contributed by atoms with Crippen molar-refractivity contribution >= 4 is 27.7 Å². The van der Waals surface area contributed by atoms with E-state index >= 15 is 0 Å². The minimum Gasteiger partial charge on any atom is -0.319 e. The molecule has 0 fully saturated rings. The molecule has 1 aromatic rings. The Morgan fingerprint density at radius 1 is 1.50 bits per heavy atom. The van der Waals surface area contributed by atoms with Gasteiger partial charge in [0, 0.05) is 21.7 Å². The van der Waals surface area contributed by atoms with Crippen LogP contribution in [0, 0.1) is 0 Å². The molecule has 0 atom stereocenters. The standard InChI is InChI=1S/C9H12BrNS/c1-11-5-6-12-9-4-2-3-8(10)7-9/h2-4,7,11H,5-6H2,1H3. The normalized spacial score (nSPS) is 10.2. The van der Waals surface area contributed by atoms with Gasteiger partial charge in [0.2, 0.25) is 0 Å². The van der Waals surface area contributed by atoms with E-state index in [9.17, 15) is 0 Å². The predicted molar refractivity (Wildman–Crippen MR) is 58.8 cm³/mol. The van der Waals surface area contributed by atoms with Gasteiger partial charge in [-0.05, 0) is 25.2 Å². The van der Waals surface area contributed by atoms with Crippen molar-refractivity contribution in [3.8, 4) is 0 Å². The van der Waals surface area contributed by atoms with E-state index in [-0.39, 0.29) is 0 Å². The molecule has 0 aliphatic carbocycles. The van der Waals surface area contributed by atoms with Crippen LogP contribution >= 0.6 is 27.7 Å². The van der Waals surface area contributed by atoms with Crippen molar-refractivity contribution in [2.45, 2.75) is 4.90 Å². The molecule has 0 unspecified atom stereocenters. The number of hydrogen-bond donors (Lipinski definition) is 1. The highest BCUT2D eigenvalue weighted by Gasteiger charge is 1.93. The highest BCUT2D eigenvalue weighted by molar-refractivity contribution is 9.10. The summed E-state index contributed by atoms with van der Waals surface area (Å²) in [6.07, 6.45) is 0. The molecule has 0 amide bonds. The van der Waals surface area contributed by atoms with Crippen LogP contribution in [-0.4, -0.2) is 19.3 Å². The minimum atomic E-state index is 1.05. The summed E-state index contributed by atoms with van der Waals surface area (Å²) in [6.45, 7) is 1.05. The number of halogens is 1. The number of nitrogens with one attached hydrogen (secondary N) is 1.